The molecule has 1 aliphatic rings. The van der Waals surface area contributed by atoms with Crippen LogP contribution in [0.3, 0.4) is 0 Å². The van der Waals surface area contributed by atoms with E-state index in [0.717, 1.165) is 0 Å². The molecule has 2 nitrogen and oxygen atoms in total. The van der Waals surface area contributed by atoms with E-state index in [1.165, 1.54) is 90.5 Å². The van der Waals surface area contributed by atoms with Crippen LogP contribution in [0.1, 0.15) is 64.7 Å². The quantitative estimate of drug-likeness (QED) is 0.557. The summed E-state index contributed by atoms with van der Waals surface area (Å²) in [7, 11) is 0. The Morgan fingerprint density at radius 2 is 1.47 bits per heavy atom. The molecule has 0 aliphatic carbocycles. The number of rotatable bonds is 11. The summed E-state index contributed by atoms with van der Waals surface area (Å²) in [5.74, 6) is 0. The van der Waals surface area contributed by atoms with Crippen LogP contribution >= 0.6 is 0 Å². The lowest BCUT2D eigenvalue weighted by molar-refractivity contribution is 0.331. The minimum atomic E-state index is 1.21. The second-order valence-corrected chi connectivity index (χ2v) is 5.42. The SMILES string of the molecule is CCCCCCCCNCCCN1CCCC1. The van der Waals surface area contributed by atoms with Gasteiger partial charge in [-0.15, -0.1) is 0 Å². The number of nitrogens with zero attached hydrogens (tertiary/aromatic N) is 1. The number of likely N-dealkylation sites (tertiary alicyclic amines) is 1. The summed E-state index contributed by atoms with van der Waals surface area (Å²) >= 11 is 0. The fourth-order valence-electron chi connectivity index (χ4n) is 2.59. The van der Waals surface area contributed by atoms with E-state index in [9.17, 15) is 0 Å². The average Bonchev–Trinajstić information content (AvgIpc) is 2.85. The summed E-state index contributed by atoms with van der Waals surface area (Å²) in [6.45, 7) is 8.72. The molecule has 0 radical (unpaired) electrons. The zero-order valence-electron chi connectivity index (χ0n) is 11.8. The lowest BCUT2D eigenvalue weighted by Gasteiger charge is -2.14. The van der Waals surface area contributed by atoms with Crippen LogP contribution in [-0.4, -0.2) is 37.6 Å². The summed E-state index contributed by atoms with van der Waals surface area (Å²) in [6, 6.07) is 0. The van der Waals surface area contributed by atoms with Crippen molar-refractivity contribution in [3.63, 3.8) is 0 Å². The van der Waals surface area contributed by atoms with Crippen LogP contribution in [0.4, 0.5) is 0 Å². The lowest BCUT2D eigenvalue weighted by atomic mass is 10.1. The second-order valence-electron chi connectivity index (χ2n) is 5.42. The molecule has 17 heavy (non-hydrogen) atoms. The van der Waals surface area contributed by atoms with Crippen LogP contribution in [0.5, 0.6) is 0 Å². The van der Waals surface area contributed by atoms with Gasteiger partial charge >= 0.3 is 0 Å². The van der Waals surface area contributed by atoms with Gasteiger partial charge in [-0.3, -0.25) is 0 Å². The highest BCUT2D eigenvalue weighted by atomic mass is 15.1. The number of unbranched alkanes of at least 4 members (excludes halogenated alkanes) is 5. The van der Waals surface area contributed by atoms with E-state index < -0.39 is 0 Å². The Hall–Kier alpha value is -0.0800. The van der Waals surface area contributed by atoms with Gasteiger partial charge in [0.25, 0.3) is 0 Å². The summed E-state index contributed by atoms with van der Waals surface area (Å²) in [4.78, 5) is 2.60. The van der Waals surface area contributed by atoms with Gasteiger partial charge in [0, 0.05) is 0 Å². The van der Waals surface area contributed by atoms with Crippen molar-refractivity contribution in [1.29, 1.82) is 0 Å². The maximum atomic E-state index is 3.57. The van der Waals surface area contributed by atoms with Crippen LogP contribution in [0.2, 0.25) is 0 Å². The zero-order chi connectivity index (χ0) is 12.2. The van der Waals surface area contributed by atoms with Gasteiger partial charge in [0.15, 0.2) is 0 Å². The van der Waals surface area contributed by atoms with Crippen molar-refractivity contribution < 1.29 is 0 Å². The largest absolute Gasteiger partial charge is 0.317 e. The van der Waals surface area contributed by atoms with Crippen LogP contribution in [0.25, 0.3) is 0 Å². The molecule has 102 valence electrons. The van der Waals surface area contributed by atoms with E-state index in [-0.39, 0.29) is 0 Å². The molecule has 0 aromatic carbocycles. The Bertz CT molecular complexity index is 153. The van der Waals surface area contributed by atoms with Gasteiger partial charge in [0.05, 0.1) is 0 Å². The maximum absolute atomic E-state index is 3.57. The van der Waals surface area contributed by atoms with Gasteiger partial charge in [0.1, 0.15) is 0 Å². The normalized spacial score (nSPS) is 16.8. The minimum absolute atomic E-state index is 1.21. The van der Waals surface area contributed by atoms with Crippen LogP contribution < -0.4 is 5.32 Å². The summed E-state index contributed by atoms with van der Waals surface area (Å²) in [5, 5.41) is 3.57. The van der Waals surface area contributed by atoms with Crippen molar-refractivity contribution in [3.05, 3.63) is 0 Å². The van der Waals surface area contributed by atoms with Gasteiger partial charge in [-0.25, -0.2) is 0 Å². The van der Waals surface area contributed by atoms with Gasteiger partial charge in [-0.1, -0.05) is 39.0 Å². The molecule has 0 saturated carbocycles. The Kier molecular flexibility index (Phi) is 9.72. The fourth-order valence-corrected chi connectivity index (χ4v) is 2.59. The van der Waals surface area contributed by atoms with Gasteiger partial charge in [-0.05, 0) is 58.4 Å². The highest BCUT2D eigenvalue weighted by Gasteiger charge is 2.09. The van der Waals surface area contributed by atoms with Gasteiger partial charge in [-0.2, -0.15) is 0 Å². The molecule has 0 aromatic heterocycles. The van der Waals surface area contributed by atoms with Crippen molar-refractivity contribution >= 4 is 0 Å². The first-order valence-electron chi connectivity index (χ1n) is 7.86. The summed E-state index contributed by atoms with van der Waals surface area (Å²) < 4.78 is 0. The predicted molar refractivity (Wildman–Crippen MR) is 76.5 cm³/mol. The molecule has 0 bridgehead atoms. The number of hydrogen-bond acceptors (Lipinski definition) is 2. The molecule has 0 aromatic rings. The third kappa shape index (κ3) is 8.62. The van der Waals surface area contributed by atoms with E-state index in [2.05, 4.69) is 17.1 Å². The third-order valence-corrected chi connectivity index (χ3v) is 3.73. The molecule has 0 spiro atoms. The van der Waals surface area contributed by atoms with Crippen molar-refractivity contribution in [3.8, 4) is 0 Å². The van der Waals surface area contributed by atoms with Crippen LogP contribution in [0.15, 0.2) is 0 Å². The highest BCUT2D eigenvalue weighted by molar-refractivity contribution is 4.66. The molecule has 1 saturated heterocycles. The predicted octanol–water partition coefficient (Wildman–Crippen LogP) is 3.42. The molecule has 0 unspecified atom stereocenters. The Morgan fingerprint density at radius 1 is 0.824 bits per heavy atom. The molecular formula is C15H32N2. The maximum Gasteiger partial charge on any atom is -0.000664 e. The molecule has 1 N–H and O–H groups in total. The third-order valence-electron chi connectivity index (χ3n) is 3.73. The Balaban J connectivity index is 1.69. The van der Waals surface area contributed by atoms with Crippen LogP contribution in [0, 0.1) is 0 Å². The molecule has 1 heterocycles. The molecule has 1 rings (SSSR count). The van der Waals surface area contributed by atoms with Crippen molar-refractivity contribution in [1.82, 2.24) is 10.2 Å². The Labute approximate surface area is 108 Å². The van der Waals surface area contributed by atoms with E-state index in [1.54, 1.807) is 0 Å². The molecular weight excluding hydrogens is 208 g/mol. The average molecular weight is 240 g/mol. The molecule has 1 fully saturated rings. The molecule has 1 aliphatic heterocycles. The molecule has 0 atom stereocenters. The highest BCUT2D eigenvalue weighted by Crippen LogP contribution is 2.07. The van der Waals surface area contributed by atoms with Crippen LogP contribution in [-0.2, 0) is 0 Å². The van der Waals surface area contributed by atoms with Crippen molar-refractivity contribution in [2.45, 2.75) is 64.7 Å². The summed E-state index contributed by atoms with van der Waals surface area (Å²) in [6.07, 6.45) is 12.6. The van der Waals surface area contributed by atoms with E-state index in [1.807, 2.05) is 0 Å². The van der Waals surface area contributed by atoms with Crippen molar-refractivity contribution in [2.24, 2.45) is 0 Å². The smallest absolute Gasteiger partial charge is 0.000664 e. The first-order chi connectivity index (χ1) is 8.43. The lowest BCUT2D eigenvalue weighted by Crippen LogP contribution is -2.25. The van der Waals surface area contributed by atoms with Crippen molar-refractivity contribution in [2.75, 3.05) is 32.7 Å². The molecule has 0 amide bonds. The van der Waals surface area contributed by atoms with Gasteiger partial charge < -0.3 is 10.2 Å². The number of nitrogens with one attached hydrogen (secondary N) is 1. The second kappa shape index (κ2) is 11.0. The minimum Gasteiger partial charge on any atom is -0.317 e. The standard InChI is InChI=1S/C15H32N2/c1-2-3-4-5-6-7-11-16-12-10-15-17-13-8-9-14-17/h16H,2-15H2,1H3. The van der Waals surface area contributed by atoms with Gasteiger partial charge in [0.2, 0.25) is 0 Å². The van der Waals surface area contributed by atoms with E-state index in [0.29, 0.717) is 0 Å². The van der Waals surface area contributed by atoms with E-state index >= 15 is 0 Å². The summed E-state index contributed by atoms with van der Waals surface area (Å²) in [5.41, 5.74) is 0. The zero-order valence-corrected chi connectivity index (χ0v) is 11.8. The fraction of sp³-hybridized carbons (Fsp3) is 1.00. The first kappa shape index (κ1) is 15.0. The Morgan fingerprint density at radius 3 is 2.24 bits per heavy atom. The molecule has 2 heteroatoms. The topological polar surface area (TPSA) is 15.3 Å². The number of hydrogen-bond donors (Lipinski definition) is 1. The monoisotopic (exact) mass is 240 g/mol. The first-order valence-corrected chi connectivity index (χ1v) is 7.86. The van der Waals surface area contributed by atoms with E-state index in [4.69, 9.17) is 0 Å².